The van der Waals surface area contributed by atoms with Crippen LogP contribution >= 0.6 is 0 Å². The normalized spacial score (nSPS) is 26.0. The minimum Gasteiger partial charge on any atom is -0.483 e. The first-order chi connectivity index (χ1) is 11.1. The van der Waals surface area contributed by atoms with E-state index in [0.29, 0.717) is 25.1 Å². The molecule has 0 radical (unpaired) electrons. The van der Waals surface area contributed by atoms with Crippen molar-refractivity contribution in [2.45, 2.75) is 64.2 Å². The number of nitrogens with zero attached hydrogens (tertiary/aromatic N) is 2. The molecule has 3 rings (SSSR count). The van der Waals surface area contributed by atoms with Crippen molar-refractivity contribution in [3.8, 4) is 5.75 Å². The summed E-state index contributed by atoms with van der Waals surface area (Å²) in [6, 6.07) is 1.35. The summed E-state index contributed by atoms with van der Waals surface area (Å²) in [5.74, 6) is 0.526. The molecule has 132 valence electrons. The standard InChI is InChI=1S/C17H22F2N2O3/c1-10-6-17(9-21(10)15(22)24-16(2,3)4)7-11-5-12(14(18)19)20-8-13(11)23-17/h5,8,10,14H,6-7,9H2,1-4H3. The molecule has 1 spiro atoms. The predicted molar refractivity (Wildman–Crippen MR) is 83.3 cm³/mol. The highest BCUT2D eigenvalue weighted by atomic mass is 19.3. The number of amides is 1. The third kappa shape index (κ3) is 3.16. The first-order valence-corrected chi connectivity index (χ1v) is 8.04. The van der Waals surface area contributed by atoms with Gasteiger partial charge in [0.05, 0.1) is 12.7 Å². The first-order valence-electron chi connectivity index (χ1n) is 8.04. The zero-order valence-electron chi connectivity index (χ0n) is 14.3. The van der Waals surface area contributed by atoms with Crippen LogP contribution in [0.5, 0.6) is 5.75 Å². The molecule has 1 aromatic rings. The molecule has 2 aliphatic rings. The lowest BCUT2D eigenvalue weighted by Gasteiger charge is -2.27. The van der Waals surface area contributed by atoms with Crippen LogP contribution in [0.3, 0.4) is 0 Å². The van der Waals surface area contributed by atoms with Gasteiger partial charge in [-0.25, -0.2) is 13.6 Å². The van der Waals surface area contributed by atoms with Crippen LogP contribution < -0.4 is 4.74 Å². The molecule has 7 heteroatoms. The highest BCUT2D eigenvalue weighted by molar-refractivity contribution is 5.69. The lowest BCUT2D eigenvalue weighted by molar-refractivity contribution is 0.0191. The van der Waals surface area contributed by atoms with E-state index in [-0.39, 0.29) is 17.8 Å². The number of pyridine rings is 1. The summed E-state index contributed by atoms with van der Waals surface area (Å²) < 4.78 is 37.1. The van der Waals surface area contributed by atoms with Gasteiger partial charge in [0.1, 0.15) is 22.6 Å². The van der Waals surface area contributed by atoms with Crippen molar-refractivity contribution in [2.24, 2.45) is 0 Å². The van der Waals surface area contributed by atoms with E-state index < -0.39 is 17.6 Å². The van der Waals surface area contributed by atoms with E-state index >= 15 is 0 Å². The Morgan fingerprint density at radius 2 is 2.21 bits per heavy atom. The first kappa shape index (κ1) is 16.9. The van der Waals surface area contributed by atoms with Gasteiger partial charge in [-0.15, -0.1) is 0 Å². The maximum Gasteiger partial charge on any atom is 0.410 e. The van der Waals surface area contributed by atoms with Gasteiger partial charge in [0.15, 0.2) is 0 Å². The number of carbonyl (C=O) groups is 1. The number of likely N-dealkylation sites (tertiary alicyclic amines) is 1. The van der Waals surface area contributed by atoms with Crippen LogP contribution in [0.1, 0.15) is 51.8 Å². The molecule has 1 saturated heterocycles. The molecule has 2 aliphatic heterocycles. The van der Waals surface area contributed by atoms with E-state index in [1.54, 1.807) is 4.90 Å². The van der Waals surface area contributed by atoms with E-state index in [1.807, 2.05) is 27.7 Å². The Labute approximate surface area is 139 Å². The molecule has 2 atom stereocenters. The van der Waals surface area contributed by atoms with Crippen molar-refractivity contribution in [1.29, 1.82) is 0 Å². The monoisotopic (exact) mass is 340 g/mol. The summed E-state index contributed by atoms with van der Waals surface area (Å²) in [7, 11) is 0. The molecule has 3 heterocycles. The zero-order chi connectivity index (χ0) is 17.7. The Morgan fingerprint density at radius 1 is 1.50 bits per heavy atom. The fourth-order valence-electron chi connectivity index (χ4n) is 3.42. The smallest absolute Gasteiger partial charge is 0.410 e. The van der Waals surface area contributed by atoms with Gasteiger partial charge in [-0.3, -0.25) is 4.98 Å². The minimum atomic E-state index is -2.60. The second-order valence-corrected chi connectivity index (χ2v) is 7.64. The van der Waals surface area contributed by atoms with Gasteiger partial charge in [0, 0.05) is 24.4 Å². The van der Waals surface area contributed by atoms with Gasteiger partial charge in [-0.1, -0.05) is 0 Å². The van der Waals surface area contributed by atoms with E-state index in [1.165, 1.54) is 12.3 Å². The number of aromatic nitrogens is 1. The van der Waals surface area contributed by atoms with Gasteiger partial charge < -0.3 is 14.4 Å². The van der Waals surface area contributed by atoms with E-state index in [9.17, 15) is 13.6 Å². The number of hydrogen-bond donors (Lipinski definition) is 0. The average molecular weight is 340 g/mol. The van der Waals surface area contributed by atoms with Crippen molar-refractivity contribution in [2.75, 3.05) is 6.54 Å². The van der Waals surface area contributed by atoms with Crippen LogP contribution in [0.2, 0.25) is 0 Å². The third-order valence-electron chi connectivity index (χ3n) is 4.32. The molecule has 5 nitrogen and oxygen atoms in total. The highest BCUT2D eigenvalue weighted by Crippen LogP contribution is 2.43. The summed E-state index contributed by atoms with van der Waals surface area (Å²) in [6.45, 7) is 7.78. The van der Waals surface area contributed by atoms with Crippen LogP contribution in [-0.4, -0.2) is 39.8 Å². The summed E-state index contributed by atoms with van der Waals surface area (Å²) in [6.07, 6.45) is -0.503. The minimum absolute atomic E-state index is 0.0447. The summed E-state index contributed by atoms with van der Waals surface area (Å²) >= 11 is 0. The molecule has 0 N–H and O–H groups in total. The maximum atomic E-state index is 12.8. The van der Waals surface area contributed by atoms with Crippen LogP contribution in [-0.2, 0) is 11.2 Å². The Kier molecular flexibility index (Phi) is 3.92. The van der Waals surface area contributed by atoms with Gasteiger partial charge in [-0.05, 0) is 33.8 Å². The number of carbonyl (C=O) groups excluding carboxylic acids is 1. The molecule has 2 unspecified atom stereocenters. The molecule has 0 aliphatic carbocycles. The molecule has 1 aromatic heterocycles. The van der Waals surface area contributed by atoms with Gasteiger partial charge >= 0.3 is 6.09 Å². The van der Waals surface area contributed by atoms with Crippen molar-refractivity contribution < 1.29 is 23.0 Å². The van der Waals surface area contributed by atoms with Crippen molar-refractivity contribution in [1.82, 2.24) is 9.88 Å². The fourth-order valence-corrected chi connectivity index (χ4v) is 3.42. The largest absolute Gasteiger partial charge is 0.483 e. The Morgan fingerprint density at radius 3 is 2.83 bits per heavy atom. The van der Waals surface area contributed by atoms with Crippen LogP contribution in [0.4, 0.5) is 13.6 Å². The highest BCUT2D eigenvalue weighted by Gasteiger charge is 2.50. The molecular weight excluding hydrogens is 318 g/mol. The SMILES string of the molecule is CC1CC2(Cc3cc(C(F)F)ncc3O2)CN1C(=O)OC(C)(C)C. The predicted octanol–water partition coefficient (Wildman–Crippen LogP) is 3.72. The number of hydrogen-bond acceptors (Lipinski definition) is 4. The molecule has 0 bridgehead atoms. The maximum absolute atomic E-state index is 12.8. The fraction of sp³-hybridized carbons (Fsp3) is 0.647. The molecule has 0 saturated carbocycles. The second-order valence-electron chi connectivity index (χ2n) is 7.64. The second kappa shape index (κ2) is 5.57. The number of alkyl halides is 2. The topological polar surface area (TPSA) is 51.7 Å². The van der Waals surface area contributed by atoms with E-state index in [4.69, 9.17) is 9.47 Å². The van der Waals surface area contributed by atoms with Crippen molar-refractivity contribution in [3.05, 3.63) is 23.5 Å². The lowest BCUT2D eigenvalue weighted by atomic mass is 9.94. The molecular formula is C17H22F2N2O3. The molecule has 0 aromatic carbocycles. The quantitative estimate of drug-likeness (QED) is 0.782. The summed E-state index contributed by atoms with van der Waals surface area (Å²) in [4.78, 5) is 17.8. The number of fused-ring (bicyclic) bond motifs is 1. The van der Waals surface area contributed by atoms with Gasteiger partial charge in [-0.2, -0.15) is 0 Å². The Balaban J connectivity index is 1.76. The van der Waals surface area contributed by atoms with Crippen LogP contribution in [0, 0.1) is 0 Å². The number of halogens is 2. The van der Waals surface area contributed by atoms with Crippen molar-refractivity contribution in [3.63, 3.8) is 0 Å². The van der Waals surface area contributed by atoms with Crippen LogP contribution in [0.25, 0.3) is 0 Å². The van der Waals surface area contributed by atoms with Crippen molar-refractivity contribution >= 4 is 6.09 Å². The van der Waals surface area contributed by atoms with Gasteiger partial charge in [0.2, 0.25) is 0 Å². The number of ether oxygens (including phenoxy) is 2. The average Bonchev–Trinajstić information content (AvgIpc) is 2.95. The summed E-state index contributed by atoms with van der Waals surface area (Å²) in [5, 5.41) is 0. The molecule has 24 heavy (non-hydrogen) atoms. The summed E-state index contributed by atoms with van der Waals surface area (Å²) in [5.41, 5.74) is -0.675. The van der Waals surface area contributed by atoms with Crippen LogP contribution in [0.15, 0.2) is 12.3 Å². The molecule has 1 amide bonds. The number of rotatable bonds is 1. The third-order valence-corrected chi connectivity index (χ3v) is 4.32. The Hall–Kier alpha value is -1.92. The van der Waals surface area contributed by atoms with E-state index in [0.717, 1.165) is 5.56 Å². The van der Waals surface area contributed by atoms with Gasteiger partial charge in [0.25, 0.3) is 6.43 Å². The Bertz CT molecular complexity index is 660. The molecule has 1 fully saturated rings. The zero-order valence-corrected chi connectivity index (χ0v) is 14.3. The lowest BCUT2D eigenvalue weighted by Crippen LogP contribution is -2.42. The van der Waals surface area contributed by atoms with E-state index in [2.05, 4.69) is 4.98 Å².